The second kappa shape index (κ2) is 6.03. The van der Waals surface area contributed by atoms with Gasteiger partial charge >= 0.3 is 0 Å². The number of carbonyl (C=O) groups excluding carboxylic acids is 2. The fourth-order valence-corrected chi connectivity index (χ4v) is 2.03. The maximum Gasteiger partial charge on any atom is 0.225 e. The molecule has 4 heteroatoms. The van der Waals surface area contributed by atoms with Gasteiger partial charge in [0.25, 0.3) is 0 Å². The van der Waals surface area contributed by atoms with E-state index in [1.165, 1.54) is 0 Å². The summed E-state index contributed by atoms with van der Waals surface area (Å²) in [5, 5.41) is 2.92. The molecule has 1 atom stereocenters. The van der Waals surface area contributed by atoms with Crippen LogP contribution < -0.4 is 5.32 Å². The average Bonchev–Trinajstić information content (AvgIpc) is 2.59. The van der Waals surface area contributed by atoms with Crippen molar-refractivity contribution in [1.82, 2.24) is 10.2 Å². The molecule has 0 aromatic rings. The third-order valence-electron chi connectivity index (χ3n) is 3.17. The Morgan fingerprint density at radius 1 is 1.41 bits per heavy atom. The SMILES string of the molecule is CC(C)CCNC(=O)[C@@H]1CC(=O)N(C(C)C)C1. The molecule has 1 heterocycles. The second-order valence-corrected chi connectivity index (χ2v) is 5.51. The summed E-state index contributed by atoms with van der Waals surface area (Å²) in [6.07, 6.45) is 1.35. The molecule has 0 bridgehead atoms. The van der Waals surface area contributed by atoms with Gasteiger partial charge in [-0.25, -0.2) is 0 Å². The van der Waals surface area contributed by atoms with Gasteiger partial charge in [0, 0.05) is 25.6 Å². The predicted molar refractivity (Wildman–Crippen MR) is 67.4 cm³/mol. The van der Waals surface area contributed by atoms with Crippen LogP contribution in [0.4, 0.5) is 0 Å². The second-order valence-electron chi connectivity index (χ2n) is 5.51. The van der Waals surface area contributed by atoms with Crippen LogP contribution in [0.3, 0.4) is 0 Å². The highest BCUT2D eigenvalue weighted by molar-refractivity contribution is 5.89. The smallest absolute Gasteiger partial charge is 0.225 e. The molecule has 4 nitrogen and oxygen atoms in total. The number of amides is 2. The fourth-order valence-electron chi connectivity index (χ4n) is 2.03. The van der Waals surface area contributed by atoms with Crippen molar-refractivity contribution < 1.29 is 9.59 Å². The zero-order valence-electron chi connectivity index (χ0n) is 11.3. The summed E-state index contributed by atoms with van der Waals surface area (Å²) >= 11 is 0. The van der Waals surface area contributed by atoms with E-state index in [-0.39, 0.29) is 23.8 Å². The third kappa shape index (κ3) is 4.02. The number of carbonyl (C=O) groups is 2. The van der Waals surface area contributed by atoms with Crippen LogP contribution in [0.15, 0.2) is 0 Å². The van der Waals surface area contributed by atoms with E-state index in [0.717, 1.165) is 6.42 Å². The summed E-state index contributed by atoms with van der Waals surface area (Å²) in [4.78, 5) is 25.3. The Bertz CT molecular complexity index is 287. The minimum atomic E-state index is -0.155. The maximum atomic E-state index is 11.9. The van der Waals surface area contributed by atoms with Crippen LogP contribution in [0.5, 0.6) is 0 Å². The van der Waals surface area contributed by atoms with E-state index < -0.39 is 0 Å². The fraction of sp³-hybridized carbons (Fsp3) is 0.846. The molecule has 0 saturated carbocycles. The topological polar surface area (TPSA) is 49.4 Å². The van der Waals surface area contributed by atoms with Crippen molar-refractivity contribution in [2.45, 2.75) is 46.6 Å². The van der Waals surface area contributed by atoms with Crippen LogP contribution in [0.25, 0.3) is 0 Å². The number of likely N-dealkylation sites (tertiary alicyclic amines) is 1. The average molecular weight is 240 g/mol. The Hall–Kier alpha value is -1.06. The van der Waals surface area contributed by atoms with Gasteiger partial charge < -0.3 is 10.2 Å². The summed E-state index contributed by atoms with van der Waals surface area (Å²) in [6.45, 7) is 9.51. The minimum Gasteiger partial charge on any atom is -0.356 e. The van der Waals surface area contributed by atoms with Crippen molar-refractivity contribution in [1.29, 1.82) is 0 Å². The summed E-state index contributed by atoms with van der Waals surface area (Å²) < 4.78 is 0. The van der Waals surface area contributed by atoms with Crippen molar-refractivity contribution in [2.24, 2.45) is 11.8 Å². The lowest BCUT2D eigenvalue weighted by Gasteiger charge is -2.20. The molecule has 0 aromatic carbocycles. The number of nitrogens with zero attached hydrogens (tertiary/aromatic N) is 1. The molecule has 0 unspecified atom stereocenters. The van der Waals surface area contributed by atoms with E-state index in [0.29, 0.717) is 25.4 Å². The van der Waals surface area contributed by atoms with Crippen molar-refractivity contribution in [3.63, 3.8) is 0 Å². The highest BCUT2D eigenvalue weighted by Crippen LogP contribution is 2.20. The molecular formula is C13H24N2O2. The molecule has 0 radical (unpaired) electrons. The van der Waals surface area contributed by atoms with Gasteiger partial charge in [-0.05, 0) is 26.2 Å². The Morgan fingerprint density at radius 2 is 2.06 bits per heavy atom. The van der Waals surface area contributed by atoms with Crippen LogP contribution in [0.2, 0.25) is 0 Å². The first-order valence-corrected chi connectivity index (χ1v) is 6.49. The third-order valence-corrected chi connectivity index (χ3v) is 3.17. The van der Waals surface area contributed by atoms with Gasteiger partial charge in [0.1, 0.15) is 0 Å². The van der Waals surface area contributed by atoms with E-state index in [2.05, 4.69) is 19.2 Å². The summed E-state index contributed by atoms with van der Waals surface area (Å²) in [5.41, 5.74) is 0. The van der Waals surface area contributed by atoms with E-state index in [4.69, 9.17) is 0 Å². The molecule has 0 spiro atoms. The Kier molecular flexibility index (Phi) is 4.97. The zero-order chi connectivity index (χ0) is 13.0. The lowest BCUT2D eigenvalue weighted by atomic mass is 10.1. The van der Waals surface area contributed by atoms with Crippen LogP contribution in [-0.2, 0) is 9.59 Å². The molecule has 1 saturated heterocycles. The molecule has 98 valence electrons. The zero-order valence-corrected chi connectivity index (χ0v) is 11.3. The van der Waals surface area contributed by atoms with Crippen LogP contribution >= 0.6 is 0 Å². The van der Waals surface area contributed by atoms with E-state index in [9.17, 15) is 9.59 Å². The van der Waals surface area contributed by atoms with Gasteiger partial charge in [0.05, 0.1) is 5.92 Å². The maximum absolute atomic E-state index is 11.9. The molecule has 1 aliphatic heterocycles. The molecule has 0 aliphatic carbocycles. The molecular weight excluding hydrogens is 216 g/mol. The standard InChI is InChI=1S/C13H24N2O2/c1-9(2)5-6-14-13(17)11-7-12(16)15(8-11)10(3)4/h9-11H,5-8H2,1-4H3,(H,14,17)/t11-/m1/s1. The van der Waals surface area contributed by atoms with Crippen LogP contribution in [-0.4, -0.2) is 35.8 Å². The Labute approximate surface area is 104 Å². The first-order valence-electron chi connectivity index (χ1n) is 6.49. The Balaban J connectivity index is 2.37. The quantitative estimate of drug-likeness (QED) is 0.790. The van der Waals surface area contributed by atoms with Crippen molar-refractivity contribution in [2.75, 3.05) is 13.1 Å². The summed E-state index contributed by atoms with van der Waals surface area (Å²) in [5.74, 6) is 0.566. The molecule has 1 fully saturated rings. The van der Waals surface area contributed by atoms with Crippen molar-refractivity contribution >= 4 is 11.8 Å². The molecule has 2 amide bonds. The highest BCUT2D eigenvalue weighted by atomic mass is 16.2. The largest absolute Gasteiger partial charge is 0.356 e. The number of nitrogens with one attached hydrogen (secondary N) is 1. The number of rotatable bonds is 5. The minimum absolute atomic E-state index is 0.0298. The van der Waals surface area contributed by atoms with Gasteiger partial charge in [-0.2, -0.15) is 0 Å². The molecule has 1 aliphatic rings. The van der Waals surface area contributed by atoms with Crippen molar-refractivity contribution in [3.8, 4) is 0 Å². The lowest BCUT2D eigenvalue weighted by molar-refractivity contribution is -0.129. The van der Waals surface area contributed by atoms with Gasteiger partial charge in [-0.1, -0.05) is 13.8 Å². The molecule has 1 N–H and O–H groups in total. The number of hydrogen-bond donors (Lipinski definition) is 1. The monoisotopic (exact) mass is 240 g/mol. The highest BCUT2D eigenvalue weighted by Gasteiger charge is 2.35. The summed E-state index contributed by atoms with van der Waals surface area (Å²) in [6, 6.07) is 0.191. The van der Waals surface area contributed by atoms with E-state index in [1.807, 2.05) is 13.8 Å². The lowest BCUT2D eigenvalue weighted by Crippen LogP contribution is -2.36. The van der Waals surface area contributed by atoms with Gasteiger partial charge in [-0.15, -0.1) is 0 Å². The number of hydrogen-bond acceptors (Lipinski definition) is 2. The van der Waals surface area contributed by atoms with E-state index >= 15 is 0 Å². The first-order chi connectivity index (χ1) is 7.91. The predicted octanol–water partition coefficient (Wildman–Crippen LogP) is 1.41. The molecule has 1 rings (SSSR count). The van der Waals surface area contributed by atoms with Crippen molar-refractivity contribution in [3.05, 3.63) is 0 Å². The van der Waals surface area contributed by atoms with E-state index in [1.54, 1.807) is 4.90 Å². The van der Waals surface area contributed by atoms with Crippen LogP contribution in [0, 0.1) is 11.8 Å². The summed E-state index contributed by atoms with van der Waals surface area (Å²) in [7, 11) is 0. The van der Waals surface area contributed by atoms with Gasteiger partial charge in [-0.3, -0.25) is 9.59 Å². The van der Waals surface area contributed by atoms with Crippen LogP contribution in [0.1, 0.15) is 40.5 Å². The Morgan fingerprint density at radius 3 is 2.53 bits per heavy atom. The molecule has 17 heavy (non-hydrogen) atoms. The first kappa shape index (κ1) is 14.0. The van der Waals surface area contributed by atoms with Gasteiger partial charge in [0.15, 0.2) is 0 Å². The van der Waals surface area contributed by atoms with Gasteiger partial charge in [0.2, 0.25) is 11.8 Å². The normalized spacial score (nSPS) is 20.5. The molecule has 0 aromatic heterocycles.